The van der Waals surface area contributed by atoms with Crippen molar-refractivity contribution in [3.8, 4) is 0 Å². The lowest BCUT2D eigenvalue weighted by atomic mass is 10.8. The molecule has 0 unspecified atom stereocenters. The number of nitrogens with two attached hydrogens (primary N) is 1. The van der Waals surface area contributed by atoms with Gasteiger partial charge in [-0.05, 0) is 6.92 Å². The van der Waals surface area contributed by atoms with Gasteiger partial charge in [-0.1, -0.05) is 6.58 Å². The molecule has 1 aromatic rings. The molecule has 0 fully saturated rings. The first kappa shape index (κ1) is 14.4. The molecule has 1 aromatic heterocycles. The maximum atomic E-state index is 9.11. The molecule has 0 aliphatic carbocycles. The minimum atomic E-state index is 0.250. The van der Waals surface area contributed by atoms with Gasteiger partial charge < -0.3 is 15.5 Å². The van der Waals surface area contributed by atoms with Gasteiger partial charge in [-0.2, -0.15) is 0 Å². The van der Waals surface area contributed by atoms with Gasteiger partial charge in [0.05, 0.1) is 6.26 Å². The summed E-state index contributed by atoms with van der Waals surface area (Å²) in [7, 11) is 0. The average molecular weight is 199 g/mol. The third kappa shape index (κ3) is 16.5. The molecule has 1 amide bonds. The Bertz CT molecular complexity index is 228. The quantitative estimate of drug-likeness (QED) is 0.522. The van der Waals surface area contributed by atoms with E-state index in [2.05, 4.69) is 27.0 Å². The van der Waals surface area contributed by atoms with E-state index in [0.717, 1.165) is 12.1 Å². The molecule has 78 valence electrons. The number of carbonyl (C=O) groups excluding carboxylic acids is 2. The van der Waals surface area contributed by atoms with Crippen LogP contribution in [0.3, 0.4) is 0 Å². The van der Waals surface area contributed by atoms with Crippen molar-refractivity contribution in [3.63, 3.8) is 0 Å². The molecule has 0 spiro atoms. The minimum Gasteiger partial charge on any atom is -0.437 e. The van der Waals surface area contributed by atoms with Crippen molar-refractivity contribution >= 4 is 12.9 Å². The summed E-state index contributed by atoms with van der Waals surface area (Å²) in [4.78, 5) is 24.4. The van der Waals surface area contributed by atoms with Gasteiger partial charge in [0.1, 0.15) is 5.82 Å². The van der Waals surface area contributed by atoms with Crippen LogP contribution < -0.4 is 5.73 Å². The molecule has 0 radical (unpaired) electrons. The molecule has 6 heteroatoms. The smallest absolute Gasteiger partial charge is 0.297 e. The second-order valence-electron chi connectivity index (χ2n) is 1.71. The van der Waals surface area contributed by atoms with Crippen LogP contribution in [-0.2, 0) is 14.3 Å². The summed E-state index contributed by atoms with van der Waals surface area (Å²) in [5.74, 6) is 0.968. The largest absolute Gasteiger partial charge is 0.437 e. The number of ether oxygens (including phenoxy) is 1. The average Bonchev–Trinajstić information content (AvgIpc) is 2.60. The summed E-state index contributed by atoms with van der Waals surface area (Å²) >= 11 is 0. The molecule has 0 bridgehead atoms. The molecule has 0 aliphatic rings. The highest BCUT2D eigenvalue weighted by molar-refractivity contribution is 5.42. The number of aryl methyl sites for hydroxylation is 1. The van der Waals surface area contributed by atoms with Crippen LogP contribution in [-0.4, -0.2) is 22.9 Å². The van der Waals surface area contributed by atoms with Crippen LogP contribution in [0.1, 0.15) is 5.82 Å². The molecular weight excluding hydrogens is 186 g/mol. The molecule has 0 saturated heterocycles. The van der Waals surface area contributed by atoms with Gasteiger partial charge in [0, 0.05) is 12.4 Å². The van der Waals surface area contributed by atoms with Gasteiger partial charge in [-0.3, -0.25) is 9.59 Å². The van der Waals surface area contributed by atoms with E-state index in [1.807, 2.05) is 6.92 Å². The number of nitrogens with zero attached hydrogens (tertiary/aromatic N) is 1. The van der Waals surface area contributed by atoms with E-state index in [9.17, 15) is 0 Å². The van der Waals surface area contributed by atoms with E-state index in [-0.39, 0.29) is 6.41 Å². The highest BCUT2D eigenvalue weighted by Gasteiger charge is 1.73. The lowest BCUT2D eigenvalue weighted by Crippen LogP contribution is -1.82. The Kier molecular flexibility index (Phi) is 13.9. The third-order valence-corrected chi connectivity index (χ3v) is 0.787. The number of primary amides is 1. The summed E-state index contributed by atoms with van der Waals surface area (Å²) in [6, 6.07) is 0. The topological polar surface area (TPSA) is 98.1 Å². The van der Waals surface area contributed by atoms with Crippen LogP contribution in [0, 0.1) is 6.92 Å². The van der Waals surface area contributed by atoms with E-state index in [4.69, 9.17) is 9.59 Å². The van der Waals surface area contributed by atoms with Gasteiger partial charge in [-0.15, -0.1) is 0 Å². The van der Waals surface area contributed by atoms with Crippen molar-refractivity contribution < 1.29 is 14.3 Å². The Labute approximate surface area is 81.8 Å². The van der Waals surface area contributed by atoms with Crippen molar-refractivity contribution in [2.24, 2.45) is 5.73 Å². The van der Waals surface area contributed by atoms with E-state index < -0.39 is 0 Å². The Hall–Kier alpha value is -2.11. The summed E-state index contributed by atoms with van der Waals surface area (Å²) < 4.78 is 3.92. The van der Waals surface area contributed by atoms with Crippen LogP contribution in [0.25, 0.3) is 0 Å². The molecule has 6 nitrogen and oxygen atoms in total. The molecular formula is C8H13N3O3. The minimum absolute atomic E-state index is 0.250. The SMILES string of the molecule is C=COC=O.Cc1ncc[nH]1.NC=O. The molecule has 1 heterocycles. The first-order valence-corrected chi connectivity index (χ1v) is 3.54. The van der Waals surface area contributed by atoms with Crippen LogP contribution in [0.15, 0.2) is 25.2 Å². The van der Waals surface area contributed by atoms with Crippen LogP contribution in [0.4, 0.5) is 0 Å². The van der Waals surface area contributed by atoms with Crippen molar-refractivity contribution in [2.75, 3.05) is 0 Å². The zero-order valence-corrected chi connectivity index (χ0v) is 7.84. The monoisotopic (exact) mass is 199 g/mol. The predicted octanol–water partition coefficient (Wildman–Crippen LogP) is 0.123. The van der Waals surface area contributed by atoms with Crippen molar-refractivity contribution in [2.45, 2.75) is 6.92 Å². The fourth-order valence-electron chi connectivity index (χ4n) is 0.383. The van der Waals surface area contributed by atoms with Gasteiger partial charge in [0.25, 0.3) is 6.47 Å². The zero-order chi connectivity index (χ0) is 11.2. The number of nitrogens with one attached hydrogen (secondary N) is 1. The fourth-order valence-corrected chi connectivity index (χ4v) is 0.383. The number of carbonyl (C=O) groups is 2. The first-order chi connectivity index (χ1) is 6.72. The van der Waals surface area contributed by atoms with Crippen molar-refractivity contribution in [1.29, 1.82) is 0 Å². The number of rotatable bonds is 2. The Balaban J connectivity index is 0. The predicted molar refractivity (Wildman–Crippen MR) is 50.9 cm³/mol. The maximum Gasteiger partial charge on any atom is 0.297 e. The van der Waals surface area contributed by atoms with E-state index in [1.165, 1.54) is 0 Å². The van der Waals surface area contributed by atoms with Gasteiger partial charge >= 0.3 is 0 Å². The Morgan fingerprint density at radius 3 is 2.29 bits per heavy atom. The summed E-state index contributed by atoms with van der Waals surface area (Å²) in [5, 5.41) is 0. The second-order valence-corrected chi connectivity index (χ2v) is 1.71. The second kappa shape index (κ2) is 13.5. The molecule has 0 aromatic carbocycles. The van der Waals surface area contributed by atoms with Gasteiger partial charge in [0.2, 0.25) is 6.41 Å². The standard InChI is InChI=1S/C4H6N2.C3H4O2.CH3NO/c1-4-5-2-3-6-4;1-2-5-3-4;2-1-3/h2-3H,1H3,(H,5,6);2-3H,1H2;1H,(H2,2,3). The Morgan fingerprint density at radius 2 is 2.21 bits per heavy atom. The van der Waals surface area contributed by atoms with E-state index >= 15 is 0 Å². The van der Waals surface area contributed by atoms with Gasteiger partial charge in [-0.25, -0.2) is 4.98 Å². The normalized spacial score (nSPS) is 6.64. The number of aromatic nitrogens is 2. The molecule has 0 saturated carbocycles. The van der Waals surface area contributed by atoms with Crippen LogP contribution in [0.5, 0.6) is 0 Å². The number of hydrogen-bond acceptors (Lipinski definition) is 4. The third-order valence-electron chi connectivity index (χ3n) is 0.787. The molecule has 14 heavy (non-hydrogen) atoms. The maximum absolute atomic E-state index is 9.11. The molecule has 0 atom stereocenters. The molecule has 3 N–H and O–H groups in total. The lowest BCUT2D eigenvalue weighted by Gasteiger charge is -1.71. The van der Waals surface area contributed by atoms with Gasteiger partial charge in [0.15, 0.2) is 0 Å². The number of amides is 1. The first-order valence-electron chi connectivity index (χ1n) is 3.54. The summed E-state index contributed by atoms with van der Waals surface area (Å²) in [5.41, 5.74) is 4.17. The van der Waals surface area contributed by atoms with Crippen molar-refractivity contribution in [1.82, 2.24) is 9.97 Å². The zero-order valence-electron chi connectivity index (χ0n) is 7.84. The highest BCUT2D eigenvalue weighted by atomic mass is 16.5. The van der Waals surface area contributed by atoms with Crippen LogP contribution in [0.2, 0.25) is 0 Å². The Morgan fingerprint density at radius 1 is 1.64 bits per heavy atom. The lowest BCUT2D eigenvalue weighted by molar-refractivity contribution is -0.123. The fraction of sp³-hybridized carbons (Fsp3) is 0.125. The number of imidazole rings is 1. The number of hydrogen-bond donors (Lipinski definition) is 2. The van der Waals surface area contributed by atoms with E-state index in [1.54, 1.807) is 12.4 Å². The highest BCUT2D eigenvalue weighted by Crippen LogP contribution is 1.78. The number of aromatic amines is 1. The molecule has 0 aliphatic heterocycles. The summed E-state index contributed by atoms with van der Waals surface area (Å²) in [6.07, 6.45) is 4.84. The van der Waals surface area contributed by atoms with E-state index in [0.29, 0.717) is 6.47 Å². The van der Waals surface area contributed by atoms with Crippen LogP contribution >= 0.6 is 0 Å². The molecule has 1 rings (SSSR count). The van der Waals surface area contributed by atoms with Crippen molar-refractivity contribution in [3.05, 3.63) is 31.1 Å². The number of H-pyrrole nitrogens is 1. The summed E-state index contributed by atoms with van der Waals surface area (Å²) in [6.45, 7) is 5.33.